The number of ether oxygens (including phenoxy) is 1. The third-order valence-corrected chi connectivity index (χ3v) is 4.77. The number of pyridine rings is 1. The minimum Gasteiger partial charge on any atom is -0.487 e. The molecule has 1 atom stereocenters. The Hall–Kier alpha value is -2.54. The van der Waals surface area contributed by atoms with E-state index in [2.05, 4.69) is 30.9 Å². The molecule has 0 spiro atoms. The summed E-state index contributed by atoms with van der Waals surface area (Å²) < 4.78 is 6.80. The monoisotopic (exact) mass is 398 g/mol. The lowest BCUT2D eigenvalue weighted by Crippen LogP contribution is -2.31. The van der Waals surface area contributed by atoms with Crippen LogP contribution in [-0.2, 0) is 0 Å². The standard InChI is InChI=1S/C18H15BrN4O2/c19-14-10-20-5-3-17(14)25-13-4-8-23(11-13)18(24)12-1-2-15-16(9-12)22-7-6-21-15/h1-3,5-7,9-10,13H,4,8,11H2. The Morgan fingerprint density at radius 1 is 1.16 bits per heavy atom. The highest BCUT2D eigenvalue weighted by molar-refractivity contribution is 9.10. The van der Waals surface area contributed by atoms with Gasteiger partial charge in [-0.15, -0.1) is 0 Å². The molecule has 0 saturated carbocycles. The van der Waals surface area contributed by atoms with E-state index in [1.54, 1.807) is 36.9 Å². The van der Waals surface area contributed by atoms with Crippen molar-refractivity contribution < 1.29 is 9.53 Å². The zero-order chi connectivity index (χ0) is 17.2. The average molecular weight is 399 g/mol. The summed E-state index contributed by atoms with van der Waals surface area (Å²) in [5.74, 6) is 0.739. The highest BCUT2D eigenvalue weighted by Gasteiger charge is 2.28. The second kappa shape index (κ2) is 6.76. The fourth-order valence-electron chi connectivity index (χ4n) is 2.93. The Morgan fingerprint density at radius 3 is 2.84 bits per heavy atom. The summed E-state index contributed by atoms with van der Waals surface area (Å²) in [5, 5.41) is 0. The van der Waals surface area contributed by atoms with Gasteiger partial charge in [0.25, 0.3) is 5.91 Å². The number of likely N-dealkylation sites (tertiary alicyclic amines) is 1. The van der Waals surface area contributed by atoms with E-state index in [0.29, 0.717) is 18.7 Å². The summed E-state index contributed by atoms with van der Waals surface area (Å²) in [6, 6.07) is 7.23. The second-order valence-corrected chi connectivity index (χ2v) is 6.70. The molecule has 1 saturated heterocycles. The number of rotatable bonds is 3. The zero-order valence-electron chi connectivity index (χ0n) is 13.3. The Balaban J connectivity index is 1.47. The maximum absolute atomic E-state index is 12.8. The van der Waals surface area contributed by atoms with Crippen LogP contribution in [0.5, 0.6) is 5.75 Å². The van der Waals surface area contributed by atoms with Crippen molar-refractivity contribution in [3.63, 3.8) is 0 Å². The third-order valence-electron chi connectivity index (χ3n) is 4.18. The molecule has 4 rings (SSSR count). The van der Waals surface area contributed by atoms with Crippen LogP contribution in [0.3, 0.4) is 0 Å². The first-order chi connectivity index (χ1) is 12.2. The minimum absolute atomic E-state index is 0.00699. The Bertz CT molecular complexity index is 934. The Kier molecular flexibility index (Phi) is 4.31. The number of amides is 1. The highest BCUT2D eigenvalue weighted by Crippen LogP contribution is 2.26. The normalized spacial score (nSPS) is 17.0. The molecule has 0 N–H and O–H groups in total. The molecule has 3 aromatic rings. The van der Waals surface area contributed by atoms with Gasteiger partial charge >= 0.3 is 0 Å². The van der Waals surface area contributed by atoms with Gasteiger partial charge in [0.2, 0.25) is 0 Å². The molecule has 25 heavy (non-hydrogen) atoms. The van der Waals surface area contributed by atoms with Crippen LogP contribution >= 0.6 is 15.9 Å². The van der Waals surface area contributed by atoms with Crippen LogP contribution in [0.2, 0.25) is 0 Å². The van der Waals surface area contributed by atoms with Gasteiger partial charge in [-0.3, -0.25) is 19.7 Å². The number of hydrogen-bond acceptors (Lipinski definition) is 5. The number of hydrogen-bond donors (Lipinski definition) is 0. The molecular weight excluding hydrogens is 384 g/mol. The molecule has 1 unspecified atom stereocenters. The number of halogens is 1. The molecular formula is C18H15BrN4O2. The van der Waals surface area contributed by atoms with Crippen molar-refractivity contribution in [3.05, 3.63) is 59.1 Å². The quantitative estimate of drug-likeness (QED) is 0.677. The van der Waals surface area contributed by atoms with Gasteiger partial charge in [0, 0.05) is 43.3 Å². The summed E-state index contributed by atoms with van der Waals surface area (Å²) >= 11 is 3.43. The lowest BCUT2D eigenvalue weighted by atomic mass is 10.1. The van der Waals surface area contributed by atoms with Crippen LogP contribution in [0.15, 0.2) is 53.5 Å². The molecule has 1 aliphatic heterocycles. The van der Waals surface area contributed by atoms with Crippen LogP contribution < -0.4 is 4.74 Å². The molecule has 1 fully saturated rings. The van der Waals surface area contributed by atoms with Gasteiger partial charge in [-0.2, -0.15) is 0 Å². The van der Waals surface area contributed by atoms with Crippen LogP contribution in [0.25, 0.3) is 11.0 Å². The maximum Gasteiger partial charge on any atom is 0.254 e. The number of benzene rings is 1. The van der Waals surface area contributed by atoms with E-state index >= 15 is 0 Å². The van der Waals surface area contributed by atoms with Gasteiger partial charge in [-0.25, -0.2) is 0 Å². The maximum atomic E-state index is 12.8. The fraction of sp³-hybridized carbons (Fsp3) is 0.222. The van der Waals surface area contributed by atoms with E-state index in [0.717, 1.165) is 27.7 Å². The van der Waals surface area contributed by atoms with E-state index in [1.807, 2.05) is 17.0 Å². The van der Waals surface area contributed by atoms with Crippen molar-refractivity contribution in [2.45, 2.75) is 12.5 Å². The number of aromatic nitrogens is 3. The van der Waals surface area contributed by atoms with Gasteiger partial charge < -0.3 is 9.64 Å². The summed E-state index contributed by atoms with van der Waals surface area (Å²) in [5.41, 5.74) is 2.13. The predicted molar refractivity (Wildman–Crippen MR) is 96.4 cm³/mol. The summed E-state index contributed by atoms with van der Waals surface area (Å²) in [7, 11) is 0. The molecule has 2 aromatic heterocycles. The molecule has 7 heteroatoms. The largest absolute Gasteiger partial charge is 0.487 e. The lowest BCUT2D eigenvalue weighted by molar-refractivity contribution is 0.0772. The summed E-state index contributed by atoms with van der Waals surface area (Å²) in [4.78, 5) is 27.1. The fourth-order valence-corrected chi connectivity index (χ4v) is 3.27. The summed E-state index contributed by atoms with van der Waals surface area (Å²) in [6.45, 7) is 1.23. The molecule has 1 aromatic carbocycles. The van der Waals surface area contributed by atoms with Crippen LogP contribution in [-0.4, -0.2) is 45.0 Å². The number of carbonyl (C=O) groups excluding carboxylic acids is 1. The third kappa shape index (κ3) is 3.32. The molecule has 6 nitrogen and oxygen atoms in total. The van der Waals surface area contributed by atoms with E-state index in [-0.39, 0.29) is 12.0 Å². The van der Waals surface area contributed by atoms with E-state index in [4.69, 9.17) is 4.74 Å². The minimum atomic E-state index is -0.0251. The Morgan fingerprint density at radius 2 is 2.00 bits per heavy atom. The van der Waals surface area contributed by atoms with Crippen LogP contribution in [0.1, 0.15) is 16.8 Å². The van der Waals surface area contributed by atoms with Crippen LogP contribution in [0, 0.1) is 0 Å². The van der Waals surface area contributed by atoms with Crippen molar-refractivity contribution >= 4 is 32.9 Å². The van der Waals surface area contributed by atoms with Crippen molar-refractivity contribution in [2.75, 3.05) is 13.1 Å². The van der Waals surface area contributed by atoms with Crippen molar-refractivity contribution in [1.29, 1.82) is 0 Å². The molecule has 0 radical (unpaired) electrons. The van der Waals surface area contributed by atoms with Crippen molar-refractivity contribution in [2.24, 2.45) is 0 Å². The molecule has 126 valence electrons. The topological polar surface area (TPSA) is 68.2 Å². The Labute approximate surface area is 153 Å². The average Bonchev–Trinajstić information content (AvgIpc) is 3.11. The molecule has 3 heterocycles. The zero-order valence-corrected chi connectivity index (χ0v) is 14.9. The van der Waals surface area contributed by atoms with Gasteiger partial charge in [0.1, 0.15) is 11.9 Å². The first kappa shape index (κ1) is 16.0. The van der Waals surface area contributed by atoms with E-state index < -0.39 is 0 Å². The number of carbonyl (C=O) groups is 1. The predicted octanol–water partition coefficient (Wildman–Crippen LogP) is 3.08. The molecule has 1 amide bonds. The van der Waals surface area contributed by atoms with E-state index in [9.17, 15) is 4.79 Å². The molecule has 1 aliphatic rings. The first-order valence-electron chi connectivity index (χ1n) is 7.97. The highest BCUT2D eigenvalue weighted by atomic mass is 79.9. The van der Waals surface area contributed by atoms with Gasteiger partial charge in [-0.1, -0.05) is 0 Å². The van der Waals surface area contributed by atoms with Crippen LogP contribution in [0.4, 0.5) is 0 Å². The second-order valence-electron chi connectivity index (χ2n) is 5.85. The summed E-state index contributed by atoms with van der Waals surface area (Å²) in [6.07, 6.45) is 7.43. The van der Waals surface area contributed by atoms with Gasteiger partial charge in [-0.05, 0) is 40.2 Å². The van der Waals surface area contributed by atoms with Gasteiger partial charge in [0.15, 0.2) is 0 Å². The number of nitrogens with zero attached hydrogens (tertiary/aromatic N) is 4. The smallest absolute Gasteiger partial charge is 0.254 e. The van der Waals surface area contributed by atoms with Crippen molar-refractivity contribution in [3.8, 4) is 5.75 Å². The molecule has 0 bridgehead atoms. The van der Waals surface area contributed by atoms with Gasteiger partial charge in [0.05, 0.1) is 22.1 Å². The number of fused-ring (bicyclic) bond motifs is 1. The van der Waals surface area contributed by atoms with Crippen molar-refractivity contribution in [1.82, 2.24) is 19.9 Å². The first-order valence-corrected chi connectivity index (χ1v) is 8.76. The SMILES string of the molecule is O=C(c1ccc2nccnc2c1)N1CCC(Oc2ccncc2Br)C1. The molecule has 0 aliphatic carbocycles. The lowest BCUT2D eigenvalue weighted by Gasteiger charge is -2.18. The van der Waals surface area contributed by atoms with E-state index in [1.165, 1.54) is 0 Å².